The summed E-state index contributed by atoms with van der Waals surface area (Å²) < 4.78 is 6.20. The number of benzene rings is 3. The minimum Gasteiger partial charge on any atom is -0.487 e. The molecule has 0 aliphatic heterocycles. The lowest BCUT2D eigenvalue weighted by atomic mass is 9.63. The predicted molar refractivity (Wildman–Crippen MR) is 125 cm³/mol. The first-order chi connectivity index (χ1) is 14.7. The molecule has 3 nitrogen and oxygen atoms in total. The van der Waals surface area contributed by atoms with Gasteiger partial charge < -0.3 is 9.84 Å². The molecule has 0 unspecified atom stereocenters. The average Bonchev–Trinajstić information content (AvgIpc) is 2.76. The Morgan fingerprint density at radius 1 is 0.871 bits per heavy atom. The van der Waals surface area contributed by atoms with Crippen LogP contribution in [0.5, 0.6) is 5.75 Å². The average molecular weight is 415 g/mol. The summed E-state index contributed by atoms with van der Waals surface area (Å²) in [6, 6.07) is 21.7. The number of hydrogen-bond acceptors (Lipinski definition) is 2. The predicted octanol–water partition coefficient (Wildman–Crippen LogP) is 6.98. The van der Waals surface area contributed by atoms with E-state index >= 15 is 0 Å². The smallest absolute Gasteiger partial charge is 0.339 e. The van der Waals surface area contributed by atoms with E-state index in [1.54, 1.807) is 12.1 Å². The maximum absolute atomic E-state index is 11.9. The second-order valence-corrected chi connectivity index (χ2v) is 9.79. The fourth-order valence-corrected chi connectivity index (χ4v) is 4.59. The van der Waals surface area contributed by atoms with Crippen LogP contribution in [0.25, 0.3) is 11.1 Å². The van der Waals surface area contributed by atoms with Crippen molar-refractivity contribution in [1.82, 2.24) is 0 Å². The summed E-state index contributed by atoms with van der Waals surface area (Å²) in [5.74, 6) is -0.570. The van der Waals surface area contributed by atoms with E-state index in [9.17, 15) is 9.90 Å². The molecule has 4 rings (SSSR count). The van der Waals surface area contributed by atoms with Crippen LogP contribution < -0.4 is 4.74 Å². The van der Waals surface area contributed by atoms with Crippen molar-refractivity contribution < 1.29 is 14.6 Å². The van der Waals surface area contributed by atoms with Gasteiger partial charge >= 0.3 is 5.97 Å². The Labute approximate surface area is 184 Å². The molecule has 0 radical (unpaired) electrons. The molecule has 0 saturated heterocycles. The summed E-state index contributed by atoms with van der Waals surface area (Å²) in [6.07, 6.45) is 2.33. The molecule has 0 heterocycles. The number of rotatable bonds is 5. The van der Waals surface area contributed by atoms with Gasteiger partial charge in [-0.2, -0.15) is 0 Å². The third-order valence-corrected chi connectivity index (χ3v) is 6.63. The van der Waals surface area contributed by atoms with Crippen molar-refractivity contribution in [1.29, 1.82) is 0 Å². The highest BCUT2D eigenvalue weighted by atomic mass is 16.5. The van der Waals surface area contributed by atoms with Gasteiger partial charge in [0.2, 0.25) is 0 Å². The fourth-order valence-electron chi connectivity index (χ4n) is 4.59. The standard InChI is InChI=1S/C28H30O3/c1-27(2)15-16-28(3,4)24-17-19(13-14-23(24)27)18-31-25-21(20-9-6-5-7-10-20)11-8-12-22(25)26(29)30/h5-14,17H,15-16,18H2,1-4H3,(H,29,30). The third-order valence-electron chi connectivity index (χ3n) is 6.63. The normalized spacial score (nSPS) is 16.4. The van der Waals surface area contributed by atoms with E-state index in [4.69, 9.17) is 4.74 Å². The van der Waals surface area contributed by atoms with Crippen LogP contribution in [-0.2, 0) is 17.4 Å². The van der Waals surface area contributed by atoms with E-state index in [1.807, 2.05) is 36.4 Å². The lowest BCUT2D eigenvalue weighted by Crippen LogP contribution is -2.33. The van der Waals surface area contributed by atoms with Gasteiger partial charge in [0.1, 0.15) is 17.9 Å². The molecule has 160 valence electrons. The Hall–Kier alpha value is -3.07. The van der Waals surface area contributed by atoms with Crippen molar-refractivity contribution >= 4 is 5.97 Å². The second kappa shape index (κ2) is 7.88. The number of carboxylic acid groups (broad SMARTS) is 1. The Balaban J connectivity index is 1.70. The van der Waals surface area contributed by atoms with Crippen molar-refractivity contribution in [2.75, 3.05) is 0 Å². The molecule has 0 fully saturated rings. The lowest BCUT2D eigenvalue weighted by Gasteiger charge is -2.42. The van der Waals surface area contributed by atoms with Gasteiger partial charge in [-0.1, -0.05) is 88.4 Å². The van der Waals surface area contributed by atoms with E-state index in [0.29, 0.717) is 12.4 Å². The summed E-state index contributed by atoms with van der Waals surface area (Å²) in [7, 11) is 0. The number of carboxylic acids is 1. The monoisotopic (exact) mass is 414 g/mol. The zero-order valence-corrected chi connectivity index (χ0v) is 18.7. The molecule has 0 spiro atoms. The first-order valence-corrected chi connectivity index (χ1v) is 10.9. The molecule has 0 atom stereocenters. The molecule has 1 aliphatic carbocycles. The van der Waals surface area contributed by atoms with Crippen LogP contribution in [0.4, 0.5) is 0 Å². The molecule has 3 aromatic rings. The van der Waals surface area contributed by atoms with Crippen LogP contribution in [0, 0.1) is 0 Å². The zero-order valence-electron chi connectivity index (χ0n) is 18.7. The Kier molecular flexibility index (Phi) is 5.38. The summed E-state index contributed by atoms with van der Waals surface area (Å²) in [4.78, 5) is 11.9. The Bertz CT molecular complexity index is 1110. The van der Waals surface area contributed by atoms with Crippen LogP contribution >= 0.6 is 0 Å². The number of carbonyl (C=O) groups is 1. The SMILES string of the molecule is CC1(C)CCC(C)(C)c2cc(COc3c(C(=O)O)cccc3-c3ccccc3)ccc21. The van der Waals surface area contributed by atoms with Gasteiger partial charge in [-0.15, -0.1) is 0 Å². The van der Waals surface area contributed by atoms with Crippen molar-refractivity contribution in [3.05, 3.63) is 89.0 Å². The second-order valence-electron chi connectivity index (χ2n) is 9.79. The van der Waals surface area contributed by atoms with E-state index in [0.717, 1.165) is 23.1 Å². The quantitative estimate of drug-likeness (QED) is 0.490. The third kappa shape index (κ3) is 4.10. The van der Waals surface area contributed by atoms with Crippen molar-refractivity contribution in [2.45, 2.75) is 58.0 Å². The van der Waals surface area contributed by atoms with Crippen molar-refractivity contribution in [3.8, 4) is 16.9 Å². The summed E-state index contributed by atoms with van der Waals surface area (Å²) in [6.45, 7) is 9.56. The molecule has 3 aromatic carbocycles. The van der Waals surface area contributed by atoms with Gasteiger partial charge in [0.25, 0.3) is 0 Å². The van der Waals surface area contributed by atoms with Crippen LogP contribution in [0.2, 0.25) is 0 Å². The van der Waals surface area contributed by atoms with Crippen LogP contribution in [0.15, 0.2) is 66.7 Å². The van der Waals surface area contributed by atoms with Gasteiger partial charge in [-0.3, -0.25) is 0 Å². The largest absolute Gasteiger partial charge is 0.487 e. The van der Waals surface area contributed by atoms with Gasteiger partial charge in [0.05, 0.1) is 0 Å². The molecule has 0 aromatic heterocycles. The van der Waals surface area contributed by atoms with Crippen molar-refractivity contribution in [3.63, 3.8) is 0 Å². The lowest BCUT2D eigenvalue weighted by molar-refractivity contribution is 0.0692. The van der Waals surface area contributed by atoms with Gasteiger partial charge in [-0.05, 0) is 52.0 Å². The Morgan fingerprint density at radius 3 is 2.23 bits per heavy atom. The summed E-state index contributed by atoms with van der Waals surface area (Å²) in [5.41, 5.74) is 6.04. The van der Waals surface area contributed by atoms with Crippen molar-refractivity contribution in [2.24, 2.45) is 0 Å². The number of fused-ring (bicyclic) bond motifs is 1. The van der Waals surface area contributed by atoms with E-state index in [2.05, 4.69) is 45.9 Å². The van der Waals surface area contributed by atoms with Gasteiger partial charge in [0.15, 0.2) is 0 Å². The summed E-state index contributed by atoms with van der Waals surface area (Å²) >= 11 is 0. The highest BCUT2D eigenvalue weighted by Gasteiger charge is 2.36. The zero-order chi connectivity index (χ0) is 22.2. The van der Waals surface area contributed by atoms with Gasteiger partial charge in [0, 0.05) is 5.56 Å². The highest BCUT2D eigenvalue weighted by Crippen LogP contribution is 2.46. The maximum atomic E-state index is 11.9. The number of para-hydroxylation sites is 1. The molecule has 1 N–H and O–H groups in total. The van der Waals surface area contributed by atoms with E-state index < -0.39 is 5.97 Å². The molecule has 0 bridgehead atoms. The molecule has 31 heavy (non-hydrogen) atoms. The van der Waals surface area contributed by atoms with E-state index in [1.165, 1.54) is 17.5 Å². The Morgan fingerprint density at radius 2 is 1.55 bits per heavy atom. The minimum absolute atomic E-state index is 0.120. The van der Waals surface area contributed by atoms with E-state index in [-0.39, 0.29) is 16.4 Å². The fraction of sp³-hybridized carbons (Fsp3) is 0.321. The molecular weight excluding hydrogens is 384 g/mol. The number of aromatic carboxylic acids is 1. The van der Waals surface area contributed by atoms with Crippen LogP contribution in [0.3, 0.4) is 0 Å². The number of ether oxygens (including phenoxy) is 1. The molecule has 3 heteroatoms. The number of hydrogen-bond donors (Lipinski definition) is 1. The maximum Gasteiger partial charge on any atom is 0.339 e. The highest BCUT2D eigenvalue weighted by molar-refractivity contribution is 5.94. The van der Waals surface area contributed by atoms with Gasteiger partial charge in [-0.25, -0.2) is 4.79 Å². The van der Waals surface area contributed by atoms with Crippen LogP contribution in [-0.4, -0.2) is 11.1 Å². The molecule has 0 saturated carbocycles. The summed E-state index contributed by atoms with van der Waals surface area (Å²) in [5, 5.41) is 9.74. The minimum atomic E-state index is -0.985. The first kappa shape index (κ1) is 21.2. The molecule has 0 amide bonds. The molecule has 1 aliphatic rings. The first-order valence-electron chi connectivity index (χ1n) is 10.9. The molecular formula is C28H30O3. The van der Waals surface area contributed by atoms with Crippen LogP contribution in [0.1, 0.15) is 67.6 Å². The topological polar surface area (TPSA) is 46.5 Å².